The van der Waals surface area contributed by atoms with E-state index in [1.54, 1.807) is 10.4 Å². The molecule has 0 radical (unpaired) electrons. The second-order valence-corrected chi connectivity index (χ2v) is 6.82. The SMILES string of the molecule is Cc1cc(Br)cnc1NCc1cc2c(s1)CCC2. The Hall–Kier alpha value is -0.870. The molecule has 0 aliphatic heterocycles. The molecule has 0 amide bonds. The molecule has 94 valence electrons. The lowest BCUT2D eigenvalue weighted by Gasteiger charge is -2.07. The zero-order chi connectivity index (χ0) is 12.5. The zero-order valence-corrected chi connectivity index (χ0v) is 12.7. The van der Waals surface area contributed by atoms with Crippen molar-refractivity contribution < 1.29 is 0 Å². The first-order valence-electron chi connectivity index (χ1n) is 6.19. The van der Waals surface area contributed by atoms with Crippen LogP contribution in [-0.2, 0) is 19.4 Å². The maximum Gasteiger partial charge on any atom is 0.129 e. The van der Waals surface area contributed by atoms with Gasteiger partial charge < -0.3 is 5.32 Å². The third kappa shape index (κ3) is 2.45. The van der Waals surface area contributed by atoms with Crippen molar-refractivity contribution in [2.75, 3.05) is 5.32 Å². The molecule has 0 aromatic carbocycles. The fourth-order valence-electron chi connectivity index (χ4n) is 2.37. The van der Waals surface area contributed by atoms with Crippen LogP contribution >= 0.6 is 27.3 Å². The Morgan fingerprint density at radius 3 is 3.06 bits per heavy atom. The molecule has 1 aliphatic carbocycles. The number of fused-ring (bicyclic) bond motifs is 1. The Balaban J connectivity index is 1.70. The predicted molar refractivity (Wildman–Crippen MR) is 80.3 cm³/mol. The highest BCUT2D eigenvalue weighted by atomic mass is 79.9. The largest absolute Gasteiger partial charge is 0.365 e. The van der Waals surface area contributed by atoms with Crippen LogP contribution in [-0.4, -0.2) is 4.98 Å². The van der Waals surface area contributed by atoms with Gasteiger partial charge in [-0.1, -0.05) is 0 Å². The Kier molecular flexibility index (Phi) is 3.39. The van der Waals surface area contributed by atoms with Crippen LogP contribution in [0, 0.1) is 6.92 Å². The molecule has 3 rings (SSSR count). The monoisotopic (exact) mass is 322 g/mol. The summed E-state index contributed by atoms with van der Waals surface area (Å²) in [4.78, 5) is 7.41. The van der Waals surface area contributed by atoms with Crippen molar-refractivity contribution >= 4 is 33.1 Å². The van der Waals surface area contributed by atoms with Crippen LogP contribution in [0.1, 0.15) is 27.3 Å². The van der Waals surface area contributed by atoms with E-state index < -0.39 is 0 Å². The second-order valence-electron chi connectivity index (χ2n) is 4.69. The minimum atomic E-state index is 0.882. The molecule has 2 nitrogen and oxygen atoms in total. The van der Waals surface area contributed by atoms with Crippen molar-refractivity contribution in [1.82, 2.24) is 4.98 Å². The van der Waals surface area contributed by atoms with E-state index in [9.17, 15) is 0 Å². The molecule has 0 saturated carbocycles. The van der Waals surface area contributed by atoms with Gasteiger partial charge in [0.15, 0.2) is 0 Å². The molecule has 4 heteroatoms. The molecule has 1 aliphatic rings. The van der Waals surface area contributed by atoms with Gasteiger partial charge in [-0.3, -0.25) is 0 Å². The van der Waals surface area contributed by atoms with Crippen LogP contribution in [0.2, 0.25) is 0 Å². The van der Waals surface area contributed by atoms with Crippen molar-refractivity contribution in [1.29, 1.82) is 0 Å². The van der Waals surface area contributed by atoms with Gasteiger partial charge in [0, 0.05) is 20.4 Å². The minimum absolute atomic E-state index is 0.882. The number of halogens is 1. The van der Waals surface area contributed by atoms with E-state index in [0.717, 1.165) is 16.8 Å². The molecule has 2 aromatic heterocycles. The molecule has 0 saturated heterocycles. The van der Waals surface area contributed by atoms with Crippen LogP contribution < -0.4 is 5.32 Å². The van der Waals surface area contributed by atoms with Crippen molar-refractivity contribution in [3.8, 4) is 0 Å². The number of anilines is 1. The molecule has 2 aromatic rings. The number of nitrogens with one attached hydrogen (secondary N) is 1. The van der Waals surface area contributed by atoms with E-state index in [-0.39, 0.29) is 0 Å². The van der Waals surface area contributed by atoms with E-state index in [4.69, 9.17) is 0 Å². The molecule has 0 unspecified atom stereocenters. The van der Waals surface area contributed by atoms with Crippen LogP contribution in [0.5, 0.6) is 0 Å². The third-order valence-electron chi connectivity index (χ3n) is 3.27. The third-order valence-corrected chi connectivity index (χ3v) is 4.94. The first-order valence-corrected chi connectivity index (χ1v) is 7.80. The van der Waals surface area contributed by atoms with Gasteiger partial charge in [0.25, 0.3) is 0 Å². The fourth-order valence-corrected chi connectivity index (χ4v) is 4.02. The highest BCUT2D eigenvalue weighted by Crippen LogP contribution is 2.31. The van der Waals surface area contributed by atoms with Gasteiger partial charge >= 0.3 is 0 Å². The molecule has 18 heavy (non-hydrogen) atoms. The topological polar surface area (TPSA) is 24.9 Å². The highest BCUT2D eigenvalue weighted by Gasteiger charge is 2.14. The van der Waals surface area contributed by atoms with E-state index in [2.05, 4.69) is 45.3 Å². The molecule has 1 N–H and O–H groups in total. The fraction of sp³-hybridized carbons (Fsp3) is 0.357. The second kappa shape index (κ2) is 5.02. The normalized spacial score (nSPS) is 13.7. The maximum absolute atomic E-state index is 4.40. The smallest absolute Gasteiger partial charge is 0.129 e. The van der Waals surface area contributed by atoms with Gasteiger partial charge in [-0.25, -0.2) is 4.98 Å². The van der Waals surface area contributed by atoms with Gasteiger partial charge in [-0.2, -0.15) is 0 Å². The van der Waals surface area contributed by atoms with Gasteiger partial charge in [0.2, 0.25) is 0 Å². The summed E-state index contributed by atoms with van der Waals surface area (Å²) >= 11 is 5.38. The molecular weight excluding hydrogens is 308 g/mol. The van der Waals surface area contributed by atoms with Gasteiger partial charge in [-0.15, -0.1) is 11.3 Å². The van der Waals surface area contributed by atoms with Crippen LogP contribution in [0.15, 0.2) is 22.8 Å². The number of rotatable bonds is 3. The quantitative estimate of drug-likeness (QED) is 0.910. The highest BCUT2D eigenvalue weighted by molar-refractivity contribution is 9.10. The number of nitrogens with zero attached hydrogens (tertiary/aromatic N) is 1. The van der Waals surface area contributed by atoms with Gasteiger partial charge in [0.1, 0.15) is 5.82 Å². The molecule has 0 atom stereocenters. The van der Waals surface area contributed by atoms with E-state index in [0.29, 0.717) is 0 Å². The Morgan fingerprint density at radius 2 is 2.28 bits per heavy atom. The maximum atomic E-state index is 4.40. The Labute approximate surface area is 120 Å². The van der Waals surface area contributed by atoms with Crippen molar-refractivity contribution in [3.05, 3.63) is 43.7 Å². The molecule has 0 fully saturated rings. The minimum Gasteiger partial charge on any atom is -0.365 e. The lowest BCUT2D eigenvalue weighted by Crippen LogP contribution is -2.01. The summed E-state index contributed by atoms with van der Waals surface area (Å²) in [6.07, 6.45) is 5.71. The summed E-state index contributed by atoms with van der Waals surface area (Å²) in [7, 11) is 0. The number of thiophene rings is 1. The molecular formula is C14H15BrN2S. The standard InChI is InChI=1S/C14H15BrN2S/c1-9-5-11(15)7-16-14(9)17-8-12-6-10-3-2-4-13(10)18-12/h5-7H,2-4,8H2,1H3,(H,16,17). The van der Waals surface area contributed by atoms with Gasteiger partial charge in [-0.05, 0) is 65.4 Å². The number of pyridine rings is 1. The molecule has 0 bridgehead atoms. The zero-order valence-electron chi connectivity index (χ0n) is 10.3. The summed E-state index contributed by atoms with van der Waals surface area (Å²) in [5.74, 6) is 0.978. The first-order chi connectivity index (χ1) is 8.72. The summed E-state index contributed by atoms with van der Waals surface area (Å²) in [5.41, 5.74) is 2.74. The number of hydrogen-bond donors (Lipinski definition) is 1. The number of hydrogen-bond acceptors (Lipinski definition) is 3. The Morgan fingerprint density at radius 1 is 1.39 bits per heavy atom. The molecule has 0 spiro atoms. The first kappa shape index (κ1) is 12.2. The lowest BCUT2D eigenvalue weighted by atomic mass is 10.2. The summed E-state index contributed by atoms with van der Waals surface area (Å²) in [5, 5.41) is 3.42. The van der Waals surface area contributed by atoms with E-state index >= 15 is 0 Å². The predicted octanol–water partition coefficient (Wildman–Crippen LogP) is 4.31. The van der Waals surface area contributed by atoms with Crippen molar-refractivity contribution in [2.45, 2.75) is 32.7 Å². The van der Waals surface area contributed by atoms with E-state index in [1.165, 1.54) is 29.7 Å². The van der Waals surface area contributed by atoms with Crippen LogP contribution in [0.3, 0.4) is 0 Å². The van der Waals surface area contributed by atoms with E-state index in [1.807, 2.05) is 17.5 Å². The average Bonchev–Trinajstić information content (AvgIpc) is 2.88. The summed E-state index contributed by atoms with van der Waals surface area (Å²) in [6.45, 7) is 2.96. The number of aryl methyl sites for hydroxylation is 3. The van der Waals surface area contributed by atoms with Gasteiger partial charge in [0.05, 0.1) is 6.54 Å². The Bertz CT molecular complexity index is 556. The number of aromatic nitrogens is 1. The van der Waals surface area contributed by atoms with Crippen LogP contribution in [0.4, 0.5) is 5.82 Å². The van der Waals surface area contributed by atoms with Crippen LogP contribution in [0.25, 0.3) is 0 Å². The summed E-state index contributed by atoms with van der Waals surface area (Å²) < 4.78 is 1.03. The average molecular weight is 323 g/mol. The summed E-state index contributed by atoms with van der Waals surface area (Å²) in [6, 6.07) is 4.44. The van der Waals surface area contributed by atoms with Crippen molar-refractivity contribution in [2.24, 2.45) is 0 Å². The van der Waals surface area contributed by atoms with Crippen molar-refractivity contribution in [3.63, 3.8) is 0 Å². The molecule has 2 heterocycles. The lowest BCUT2D eigenvalue weighted by molar-refractivity contribution is 0.913.